The number of fused-ring (bicyclic) bond motifs is 1. The van der Waals surface area contributed by atoms with Crippen LogP contribution in [-0.4, -0.2) is 19.2 Å². The standard InChI is InChI=1S/C17H19Cl2NO/c18-15-11-16(19)17(14-7-2-1-6-13(14)15)21-10-8-12-5-3-4-9-20-12/h1-2,6-7,11-12,20H,3-5,8-10H2/t12-/m1/s1. The summed E-state index contributed by atoms with van der Waals surface area (Å²) in [4.78, 5) is 0. The van der Waals surface area contributed by atoms with Gasteiger partial charge in [0.05, 0.1) is 16.7 Å². The number of hydrogen-bond donors (Lipinski definition) is 1. The summed E-state index contributed by atoms with van der Waals surface area (Å²) in [6.45, 7) is 1.79. The molecule has 1 atom stereocenters. The third-order valence-corrected chi connectivity index (χ3v) is 4.62. The van der Waals surface area contributed by atoms with Crippen LogP contribution >= 0.6 is 23.2 Å². The van der Waals surface area contributed by atoms with Crippen LogP contribution in [0.25, 0.3) is 10.8 Å². The predicted molar refractivity (Wildman–Crippen MR) is 89.7 cm³/mol. The Morgan fingerprint density at radius 3 is 2.67 bits per heavy atom. The van der Waals surface area contributed by atoms with Gasteiger partial charge in [0.1, 0.15) is 5.75 Å². The van der Waals surface area contributed by atoms with Gasteiger partial charge in [-0.05, 0) is 31.9 Å². The largest absolute Gasteiger partial charge is 0.491 e. The molecule has 1 N–H and O–H groups in total. The zero-order chi connectivity index (χ0) is 14.7. The zero-order valence-corrected chi connectivity index (χ0v) is 13.4. The minimum absolute atomic E-state index is 0.566. The van der Waals surface area contributed by atoms with Crippen molar-refractivity contribution < 1.29 is 4.74 Å². The zero-order valence-electron chi connectivity index (χ0n) is 11.9. The topological polar surface area (TPSA) is 21.3 Å². The molecule has 0 spiro atoms. The van der Waals surface area contributed by atoms with E-state index in [0.717, 1.165) is 29.5 Å². The summed E-state index contributed by atoms with van der Waals surface area (Å²) in [5.74, 6) is 0.743. The summed E-state index contributed by atoms with van der Waals surface area (Å²) >= 11 is 12.5. The molecular formula is C17H19Cl2NO. The Kier molecular flexibility index (Phi) is 4.89. The molecular weight excluding hydrogens is 305 g/mol. The van der Waals surface area contributed by atoms with Crippen molar-refractivity contribution in [1.82, 2.24) is 5.32 Å². The lowest BCUT2D eigenvalue weighted by Gasteiger charge is -2.23. The van der Waals surface area contributed by atoms with Gasteiger partial charge in [0, 0.05) is 16.8 Å². The molecule has 3 rings (SSSR count). The molecule has 0 saturated carbocycles. The summed E-state index contributed by atoms with van der Waals surface area (Å²) < 4.78 is 5.98. The Hall–Kier alpha value is -0.960. The van der Waals surface area contributed by atoms with Crippen molar-refractivity contribution in [2.45, 2.75) is 31.7 Å². The highest BCUT2D eigenvalue weighted by Crippen LogP contribution is 2.38. The van der Waals surface area contributed by atoms with Gasteiger partial charge in [-0.15, -0.1) is 0 Å². The van der Waals surface area contributed by atoms with Crippen LogP contribution in [0.1, 0.15) is 25.7 Å². The molecule has 0 aromatic heterocycles. The second kappa shape index (κ2) is 6.87. The monoisotopic (exact) mass is 323 g/mol. The lowest BCUT2D eigenvalue weighted by molar-refractivity contribution is 0.270. The summed E-state index contributed by atoms with van der Waals surface area (Å²) in [6.07, 6.45) is 4.83. The molecule has 2 nitrogen and oxygen atoms in total. The lowest BCUT2D eigenvalue weighted by atomic mass is 10.0. The van der Waals surface area contributed by atoms with Gasteiger partial charge in [0.2, 0.25) is 0 Å². The third kappa shape index (κ3) is 3.45. The maximum absolute atomic E-state index is 6.30. The first-order valence-electron chi connectivity index (χ1n) is 7.48. The third-order valence-electron chi connectivity index (χ3n) is 4.02. The quantitative estimate of drug-likeness (QED) is 0.849. The normalized spacial score (nSPS) is 18.9. The molecule has 2 aromatic carbocycles. The molecule has 21 heavy (non-hydrogen) atoms. The van der Waals surface area contributed by atoms with E-state index in [0.29, 0.717) is 22.7 Å². The molecule has 0 bridgehead atoms. The molecule has 0 amide bonds. The van der Waals surface area contributed by atoms with E-state index in [9.17, 15) is 0 Å². The summed E-state index contributed by atoms with van der Waals surface area (Å²) in [5.41, 5.74) is 0. The Bertz CT molecular complexity index is 623. The van der Waals surface area contributed by atoms with Crippen molar-refractivity contribution in [2.24, 2.45) is 0 Å². The molecule has 4 heteroatoms. The van der Waals surface area contributed by atoms with E-state index in [-0.39, 0.29) is 0 Å². The van der Waals surface area contributed by atoms with Gasteiger partial charge in [-0.2, -0.15) is 0 Å². The molecule has 2 aromatic rings. The molecule has 1 aliphatic heterocycles. The maximum Gasteiger partial charge on any atom is 0.145 e. The van der Waals surface area contributed by atoms with Crippen LogP contribution in [0.2, 0.25) is 10.0 Å². The van der Waals surface area contributed by atoms with Crippen molar-refractivity contribution in [2.75, 3.05) is 13.2 Å². The number of benzene rings is 2. The SMILES string of the molecule is Clc1cc(Cl)c2ccccc2c1OCC[C@H]1CCCCN1. The van der Waals surface area contributed by atoms with Gasteiger partial charge in [-0.3, -0.25) is 0 Å². The van der Waals surface area contributed by atoms with E-state index in [1.165, 1.54) is 19.3 Å². The van der Waals surface area contributed by atoms with Crippen molar-refractivity contribution in [3.63, 3.8) is 0 Å². The molecule has 1 aliphatic rings. The average molecular weight is 324 g/mol. The van der Waals surface area contributed by atoms with Crippen LogP contribution in [0.4, 0.5) is 0 Å². The summed E-state index contributed by atoms with van der Waals surface area (Å²) in [5, 5.41) is 6.73. The van der Waals surface area contributed by atoms with E-state index in [2.05, 4.69) is 5.32 Å². The van der Waals surface area contributed by atoms with E-state index >= 15 is 0 Å². The molecule has 112 valence electrons. The van der Waals surface area contributed by atoms with Crippen LogP contribution in [0.5, 0.6) is 5.75 Å². The Labute approximate surface area is 135 Å². The van der Waals surface area contributed by atoms with Gasteiger partial charge in [-0.1, -0.05) is 53.9 Å². The molecule has 1 saturated heterocycles. The van der Waals surface area contributed by atoms with Gasteiger partial charge in [0.25, 0.3) is 0 Å². The highest BCUT2D eigenvalue weighted by atomic mass is 35.5. The number of halogens is 2. The average Bonchev–Trinajstić information content (AvgIpc) is 2.51. The van der Waals surface area contributed by atoms with Crippen molar-refractivity contribution in [1.29, 1.82) is 0 Å². The minimum Gasteiger partial charge on any atom is -0.491 e. The summed E-state index contributed by atoms with van der Waals surface area (Å²) in [7, 11) is 0. The number of nitrogens with one attached hydrogen (secondary N) is 1. The fourth-order valence-electron chi connectivity index (χ4n) is 2.89. The van der Waals surface area contributed by atoms with Crippen molar-refractivity contribution in [3.05, 3.63) is 40.4 Å². The Morgan fingerprint density at radius 2 is 1.90 bits per heavy atom. The fourth-order valence-corrected chi connectivity index (χ4v) is 3.49. The van der Waals surface area contributed by atoms with Gasteiger partial charge in [0.15, 0.2) is 0 Å². The summed E-state index contributed by atoms with van der Waals surface area (Å²) in [6, 6.07) is 10.3. The number of piperidine rings is 1. The first kappa shape index (κ1) is 15.0. The van der Waals surface area contributed by atoms with Crippen LogP contribution < -0.4 is 10.1 Å². The van der Waals surface area contributed by atoms with Crippen LogP contribution in [0, 0.1) is 0 Å². The van der Waals surface area contributed by atoms with Crippen LogP contribution in [0.3, 0.4) is 0 Å². The molecule has 1 fully saturated rings. The Balaban J connectivity index is 1.74. The van der Waals surface area contributed by atoms with Crippen molar-refractivity contribution in [3.8, 4) is 5.75 Å². The van der Waals surface area contributed by atoms with Crippen molar-refractivity contribution >= 4 is 34.0 Å². The number of rotatable bonds is 4. The first-order valence-corrected chi connectivity index (χ1v) is 8.24. The van der Waals surface area contributed by atoms with E-state index in [1.807, 2.05) is 24.3 Å². The second-order valence-electron chi connectivity index (χ2n) is 5.50. The van der Waals surface area contributed by atoms with E-state index in [4.69, 9.17) is 27.9 Å². The Morgan fingerprint density at radius 1 is 1.10 bits per heavy atom. The lowest BCUT2D eigenvalue weighted by Crippen LogP contribution is -2.35. The van der Waals surface area contributed by atoms with Crippen LogP contribution in [0.15, 0.2) is 30.3 Å². The van der Waals surface area contributed by atoms with Gasteiger partial charge in [-0.25, -0.2) is 0 Å². The van der Waals surface area contributed by atoms with Gasteiger partial charge >= 0.3 is 0 Å². The van der Waals surface area contributed by atoms with Gasteiger partial charge < -0.3 is 10.1 Å². The molecule has 1 heterocycles. The highest BCUT2D eigenvalue weighted by Gasteiger charge is 2.14. The van der Waals surface area contributed by atoms with Crippen LogP contribution in [-0.2, 0) is 0 Å². The van der Waals surface area contributed by atoms with E-state index in [1.54, 1.807) is 6.07 Å². The maximum atomic E-state index is 6.30. The second-order valence-corrected chi connectivity index (χ2v) is 6.31. The molecule has 0 aliphatic carbocycles. The molecule has 0 unspecified atom stereocenters. The smallest absolute Gasteiger partial charge is 0.145 e. The molecule has 0 radical (unpaired) electrons. The number of hydrogen-bond acceptors (Lipinski definition) is 2. The van der Waals surface area contributed by atoms with E-state index < -0.39 is 0 Å². The number of ether oxygens (including phenoxy) is 1. The first-order chi connectivity index (χ1) is 10.3. The fraction of sp³-hybridized carbons (Fsp3) is 0.412. The predicted octanol–water partition coefficient (Wildman–Crippen LogP) is 5.06. The minimum atomic E-state index is 0.566. The highest BCUT2D eigenvalue weighted by molar-refractivity contribution is 6.39.